The second-order valence-corrected chi connectivity index (χ2v) is 5.54. The van der Waals surface area contributed by atoms with Gasteiger partial charge in [0.25, 0.3) is 0 Å². The molecule has 0 saturated carbocycles. The van der Waals surface area contributed by atoms with E-state index in [9.17, 15) is 4.79 Å². The molecule has 1 atom stereocenters. The van der Waals surface area contributed by atoms with Gasteiger partial charge >= 0.3 is 107 Å². The van der Waals surface area contributed by atoms with Crippen LogP contribution in [-0.4, -0.2) is 38.0 Å². The van der Waals surface area contributed by atoms with Crippen LogP contribution >= 0.6 is 12.6 Å². The fourth-order valence-electron chi connectivity index (χ4n) is 1.08. The van der Waals surface area contributed by atoms with E-state index in [-0.39, 0.29) is 15.2 Å². The predicted molar refractivity (Wildman–Crippen MR) is 69.0 cm³/mol. The Bertz CT molecular complexity index is 342. The summed E-state index contributed by atoms with van der Waals surface area (Å²) in [7, 11) is 0. The third-order valence-electron chi connectivity index (χ3n) is 2.07. The number of thiol groups is 1. The first kappa shape index (κ1) is 13.6. The molecule has 3 nitrogen and oxygen atoms in total. The van der Waals surface area contributed by atoms with E-state index in [1.165, 1.54) is 11.1 Å². The molecule has 0 radical (unpaired) electrons. The van der Waals surface area contributed by atoms with Crippen molar-refractivity contribution in [3.63, 3.8) is 0 Å². The molecule has 1 aromatic carbocycles. The second kappa shape index (κ2) is 6.97. The van der Waals surface area contributed by atoms with Crippen molar-refractivity contribution in [2.24, 2.45) is 0 Å². The molecule has 0 aliphatic rings. The van der Waals surface area contributed by atoms with E-state index in [4.69, 9.17) is 5.11 Å². The molecule has 2 N–H and O–H groups in total. The predicted octanol–water partition coefficient (Wildman–Crippen LogP) is 1.09. The van der Waals surface area contributed by atoms with Crippen molar-refractivity contribution in [1.29, 1.82) is 0 Å². The number of benzene rings is 1. The van der Waals surface area contributed by atoms with Gasteiger partial charge in [0.1, 0.15) is 0 Å². The molecule has 1 aromatic rings. The molecule has 0 aromatic heterocycles. The van der Waals surface area contributed by atoms with Gasteiger partial charge in [-0.15, -0.1) is 0 Å². The first-order valence-electron chi connectivity index (χ1n) is 4.90. The van der Waals surface area contributed by atoms with E-state index >= 15 is 0 Å². The second-order valence-electron chi connectivity index (χ2n) is 3.47. The molecule has 0 heterocycles. The van der Waals surface area contributed by atoms with Gasteiger partial charge < -0.3 is 0 Å². The third kappa shape index (κ3) is 4.58. The average Bonchev–Trinajstić information content (AvgIpc) is 2.26. The normalized spacial score (nSPS) is 12.4. The van der Waals surface area contributed by atoms with Gasteiger partial charge in [0, 0.05) is 0 Å². The molecule has 0 amide bonds. The van der Waals surface area contributed by atoms with Gasteiger partial charge in [0.15, 0.2) is 0 Å². The van der Waals surface area contributed by atoms with Gasteiger partial charge in [0.2, 0.25) is 0 Å². The number of aryl methyl sites for hydroxylation is 1. The van der Waals surface area contributed by atoms with Crippen LogP contribution in [0.2, 0.25) is 0 Å². The molecule has 1 rings (SSSR count). The van der Waals surface area contributed by atoms with Gasteiger partial charge in [-0.3, -0.25) is 0 Å². The number of carboxylic acids is 1. The Hall–Kier alpha value is -0.481. The van der Waals surface area contributed by atoms with Crippen LogP contribution in [0.15, 0.2) is 24.3 Å². The Balaban J connectivity index is 2.35. The number of carbonyl (C=O) groups is 1. The first-order chi connectivity index (χ1) is 7.63. The summed E-state index contributed by atoms with van der Waals surface area (Å²) in [5.41, 5.74) is 2.48. The molecule has 5 heteroatoms. The zero-order valence-electron chi connectivity index (χ0n) is 9.01. The van der Waals surface area contributed by atoms with Gasteiger partial charge in [-0.05, 0) is 0 Å². The van der Waals surface area contributed by atoms with Gasteiger partial charge in [-0.1, -0.05) is 0 Å². The SMILES string of the molecule is Cc1ccc(C[Se]NC(CS)C(=O)O)cc1. The van der Waals surface area contributed by atoms with Crippen molar-refractivity contribution >= 4 is 33.8 Å². The number of hydrogen-bond donors (Lipinski definition) is 3. The van der Waals surface area contributed by atoms with Crippen molar-refractivity contribution < 1.29 is 9.90 Å². The number of nitrogens with one attached hydrogen (secondary N) is 1. The number of rotatable bonds is 6. The summed E-state index contributed by atoms with van der Waals surface area (Å²) in [6.07, 6.45) is 0. The fraction of sp³-hybridized carbons (Fsp3) is 0.364. The van der Waals surface area contributed by atoms with Crippen LogP contribution in [0.4, 0.5) is 0 Å². The molecule has 88 valence electrons. The Morgan fingerprint density at radius 3 is 2.62 bits per heavy atom. The molecular formula is C11H15NO2SSe. The fourth-order valence-corrected chi connectivity index (χ4v) is 3.34. The Labute approximate surface area is 107 Å². The molecular weight excluding hydrogens is 289 g/mol. The summed E-state index contributed by atoms with van der Waals surface area (Å²) < 4.78 is 3.02. The summed E-state index contributed by atoms with van der Waals surface area (Å²) in [5, 5.41) is 9.70. The quantitative estimate of drug-likeness (QED) is 0.545. The van der Waals surface area contributed by atoms with Crippen molar-refractivity contribution in [3.05, 3.63) is 35.4 Å². The summed E-state index contributed by atoms with van der Waals surface area (Å²) in [6.45, 7) is 2.05. The standard InChI is InChI=1S/C11H15NO2SSe/c1-8-2-4-9(5-3-8)7-16-12-10(6-15)11(13)14/h2-5,10,12,15H,6-7H2,1H3,(H,13,14). The van der Waals surface area contributed by atoms with E-state index in [1.807, 2.05) is 0 Å². The van der Waals surface area contributed by atoms with Crippen LogP contribution in [0.5, 0.6) is 0 Å². The van der Waals surface area contributed by atoms with Crippen molar-refractivity contribution in [2.45, 2.75) is 18.3 Å². The summed E-state index contributed by atoms with van der Waals surface area (Å²) in [6, 6.07) is 7.76. The van der Waals surface area contributed by atoms with Crippen molar-refractivity contribution in [3.8, 4) is 0 Å². The molecule has 0 fully saturated rings. The maximum absolute atomic E-state index is 10.7. The molecule has 0 bridgehead atoms. The van der Waals surface area contributed by atoms with E-state index in [2.05, 4.69) is 48.2 Å². The van der Waals surface area contributed by atoms with Crippen molar-refractivity contribution in [2.75, 3.05) is 5.75 Å². The molecule has 1 unspecified atom stereocenters. The summed E-state index contributed by atoms with van der Waals surface area (Å²) in [5.74, 6) is -0.508. The number of carboxylic acid groups (broad SMARTS) is 1. The zero-order chi connectivity index (χ0) is 12.0. The molecule has 0 saturated heterocycles. The number of hydrogen-bond acceptors (Lipinski definition) is 3. The maximum atomic E-state index is 10.7. The minimum absolute atomic E-state index is 0.0983. The first-order valence-corrected chi connectivity index (χ1v) is 7.60. The summed E-state index contributed by atoms with van der Waals surface area (Å²) >= 11 is 4.09. The van der Waals surface area contributed by atoms with Gasteiger partial charge in [-0.2, -0.15) is 0 Å². The zero-order valence-corrected chi connectivity index (χ0v) is 11.6. The van der Waals surface area contributed by atoms with E-state index in [0.717, 1.165) is 5.32 Å². The van der Waals surface area contributed by atoms with E-state index in [1.54, 1.807) is 0 Å². The minimum atomic E-state index is -0.833. The van der Waals surface area contributed by atoms with Crippen LogP contribution in [0.1, 0.15) is 11.1 Å². The van der Waals surface area contributed by atoms with E-state index in [0.29, 0.717) is 5.75 Å². The van der Waals surface area contributed by atoms with Crippen LogP contribution < -0.4 is 4.33 Å². The Morgan fingerprint density at radius 2 is 2.12 bits per heavy atom. The van der Waals surface area contributed by atoms with Crippen LogP contribution in [0.25, 0.3) is 0 Å². The molecule has 0 spiro atoms. The van der Waals surface area contributed by atoms with Crippen LogP contribution in [0, 0.1) is 6.92 Å². The van der Waals surface area contributed by atoms with Gasteiger partial charge in [-0.25, -0.2) is 0 Å². The monoisotopic (exact) mass is 305 g/mol. The average molecular weight is 304 g/mol. The summed E-state index contributed by atoms with van der Waals surface area (Å²) in [4.78, 5) is 10.7. The topological polar surface area (TPSA) is 49.3 Å². The van der Waals surface area contributed by atoms with Gasteiger partial charge in [0.05, 0.1) is 0 Å². The Kier molecular flexibility index (Phi) is 5.91. The number of aliphatic carboxylic acids is 1. The van der Waals surface area contributed by atoms with Crippen molar-refractivity contribution in [1.82, 2.24) is 4.33 Å². The van der Waals surface area contributed by atoms with Crippen LogP contribution in [-0.2, 0) is 10.1 Å². The third-order valence-corrected chi connectivity index (χ3v) is 4.38. The van der Waals surface area contributed by atoms with Crippen LogP contribution in [0.3, 0.4) is 0 Å². The molecule has 0 aliphatic heterocycles. The molecule has 0 aliphatic carbocycles. The molecule has 16 heavy (non-hydrogen) atoms. The Morgan fingerprint density at radius 1 is 1.50 bits per heavy atom. The van der Waals surface area contributed by atoms with E-state index < -0.39 is 12.0 Å².